The summed E-state index contributed by atoms with van der Waals surface area (Å²) in [7, 11) is 9.05. The summed E-state index contributed by atoms with van der Waals surface area (Å²) >= 11 is 0. The van der Waals surface area contributed by atoms with Crippen LogP contribution in [-0.4, -0.2) is 115 Å². The van der Waals surface area contributed by atoms with E-state index >= 15 is 0 Å². The van der Waals surface area contributed by atoms with Gasteiger partial charge in [0, 0.05) is 83.8 Å². The molecule has 0 saturated carbocycles. The van der Waals surface area contributed by atoms with Gasteiger partial charge in [-0.1, -0.05) is 236 Å². The van der Waals surface area contributed by atoms with Crippen molar-refractivity contribution in [3.05, 3.63) is 176 Å². The Morgan fingerprint density at radius 3 is 0.664 bits per heavy atom. The molecule has 0 aliphatic rings. The number of nitrogens with one attached hydrogen (secondary N) is 6. The molecule has 6 rings (SSSR count). The quantitative estimate of drug-likeness (QED) is 0.0197. The lowest BCUT2D eigenvalue weighted by molar-refractivity contribution is -0.132. The highest BCUT2D eigenvalue weighted by molar-refractivity contribution is 5.74. The van der Waals surface area contributed by atoms with E-state index in [1.165, 1.54) is 83.8 Å². The van der Waals surface area contributed by atoms with Crippen LogP contribution in [0.2, 0.25) is 0 Å². The predicted molar refractivity (Wildman–Crippen MR) is 558 cm³/mol. The van der Waals surface area contributed by atoms with Crippen molar-refractivity contribution in [3.8, 4) is 34.5 Å². The summed E-state index contributed by atoms with van der Waals surface area (Å²) in [6.45, 7) is 78.5. The number of rotatable bonds is 23. The first kappa shape index (κ1) is 150. The van der Waals surface area contributed by atoms with Crippen LogP contribution >= 0.6 is 0 Å². The Balaban J connectivity index is -0.000000131. The van der Waals surface area contributed by atoms with Crippen molar-refractivity contribution in [2.24, 2.45) is 0 Å². The Labute approximate surface area is 826 Å². The van der Waals surface area contributed by atoms with Crippen molar-refractivity contribution in [3.63, 3.8) is 0 Å². The van der Waals surface area contributed by atoms with E-state index in [1.807, 2.05) is 230 Å². The number of benzene rings is 6. The van der Waals surface area contributed by atoms with Gasteiger partial charge in [0.05, 0.1) is 0 Å². The molecule has 0 radical (unpaired) electrons. The molecule has 30 nitrogen and oxygen atoms in total. The molecule has 0 aromatic heterocycles. The van der Waals surface area contributed by atoms with E-state index in [0.29, 0.717) is 34.5 Å². The monoisotopic (exact) mass is 1940 g/mol. The van der Waals surface area contributed by atoms with E-state index in [1.54, 1.807) is 114 Å². The largest absolute Gasteiger partial charge is 0.442 e. The summed E-state index contributed by atoms with van der Waals surface area (Å²) in [6.07, 6.45) is -0.879. The zero-order valence-electron chi connectivity index (χ0n) is 93.2. The molecule has 6 unspecified atom stereocenters. The molecule has 6 atom stereocenters. The summed E-state index contributed by atoms with van der Waals surface area (Å²) in [5.41, 5.74) is 10.4. The maximum absolute atomic E-state index is 11.2. The molecular formula is C107H184N6O24. The minimum absolute atomic E-state index is 0.343. The minimum atomic E-state index is -0.485. The lowest BCUT2D eigenvalue weighted by Crippen LogP contribution is -2.21. The van der Waals surface area contributed by atoms with E-state index in [9.17, 15) is 57.5 Å². The fourth-order valence-corrected chi connectivity index (χ4v) is 9.94. The predicted octanol–water partition coefficient (Wildman–Crippen LogP) is 27.9. The number of ether oxygens (including phenoxy) is 12. The molecule has 30 heteroatoms. The van der Waals surface area contributed by atoms with Gasteiger partial charge in [-0.15, -0.1) is 0 Å². The van der Waals surface area contributed by atoms with Gasteiger partial charge in [0.2, 0.25) is 0 Å². The summed E-state index contributed by atoms with van der Waals surface area (Å²) < 4.78 is 61.4. The van der Waals surface area contributed by atoms with Crippen molar-refractivity contribution in [1.29, 1.82) is 0 Å². The van der Waals surface area contributed by atoms with Gasteiger partial charge in [0.25, 0.3) is 0 Å². The zero-order chi connectivity index (χ0) is 110. The van der Waals surface area contributed by atoms with Crippen molar-refractivity contribution in [1.82, 2.24) is 31.9 Å². The number of hydrogen-bond donors (Lipinski definition) is 6. The Morgan fingerprint density at radius 2 is 0.438 bits per heavy atom. The number of alkyl carbamates (subject to hydrolysis) is 6. The van der Waals surface area contributed by atoms with Crippen LogP contribution < -0.4 is 60.3 Å². The Hall–Kier alpha value is -12.2. The third kappa shape index (κ3) is 73.7. The maximum Gasteiger partial charge on any atom is 0.407 e. The fraction of sp³-hybridized carbons (Fsp3) is 0.551. The second kappa shape index (κ2) is 99.7. The van der Waals surface area contributed by atoms with E-state index in [-0.39, 0.29) is 72.4 Å². The topological polar surface area (TPSA) is 388 Å². The van der Waals surface area contributed by atoms with Crippen molar-refractivity contribution >= 4 is 72.4 Å². The van der Waals surface area contributed by atoms with E-state index in [4.69, 9.17) is 56.8 Å². The van der Waals surface area contributed by atoms with Crippen LogP contribution in [0.1, 0.15) is 386 Å². The molecule has 0 spiro atoms. The molecule has 0 aliphatic carbocycles. The average Bonchev–Trinajstić information content (AvgIpc) is 0.834. The molecule has 786 valence electrons. The van der Waals surface area contributed by atoms with Gasteiger partial charge in [-0.3, -0.25) is 28.8 Å². The minimum Gasteiger partial charge on any atom is -0.442 e. The van der Waals surface area contributed by atoms with Gasteiger partial charge in [-0.05, 0) is 221 Å². The Morgan fingerprint density at radius 1 is 0.241 bits per heavy atom. The first-order valence-corrected chi connectivity index (χ1v) is 48.3. The molecule has 0 saturated heterocycles. The molecule has 0 fully saturated rings. The van der Waals surface area contributed by atoms with Gasteiger partial charge in [-0.2, -0.15) is 0 Å². The molecule has 6 N–H and O–H groups in total. The van der Waals surface area contributed by atoms with Gasteiger partial charge in [-0.25, -0.2) is 28.8 Å². The van der Waals surface area contributed by atoms with Crippen LogP contribution in [0.3, 0.4) is 0 Å². The van der Waals surface area contributed by atoms with Crippen LogP contribution in [0.25, 0.3) is 0 Å². The Bertz CT molecular complexity index is 4040. The fourth-order valence-electron chi connectivity index (χ4n) is 9.94. The van der Waals surface area contributed by atoms with Crippen molar-refractivity contribution < 1.29 is 114 Å². The number of aryl methyl sites for hydroxylation is 6. The number of hydrogen-bond acceptors (Lipinski definition) is 24. The molecule has 0 bridgehead atoms. The highest BCUT2D eigenvalue weighted by atomic mass is 16.6. The van der Waals surface area contributed by atoms with E-state index in [2.05, 4.69) is 45.7 Å². The highest BCUT2D eigenvalue weighted by Crippen LogP contribution is 2.33. The summed E-state index contributed by atoms with van der Waals surface area (Å²) in [4.78, 5) is 133. The molecule has 0 heterocycles. The zero-order valence-corrected chi connectivity index (χ0v) is 93.2. The lowest BCUT2D eigenvalue weighted by Gasteiger charge is -2.17. The first-order chi connectivity index (χ1) is 65.2. The van der Waals surface area contributed by atoms with Gasteiger partial charge < -0.3 is 88.7 Å². The van der Waals surface area contributed by atoms with Crippen LogP contribution in [0.4, 0.5) is 28.8 Å². The number of esters is 6. The van der Waals surface area contributed by atoms with Crippen LogP contribution in [0, 0.1) is 20.8 Å². The van der Waals surface area contributed by atoms with Crippen LogP contribution in [0.5, 0.6) is 34.5 Å². The SMILES string of the molecule is CC.CC.CC.CC.CC.CC.CC.CC.CC.CC.CC.CC.CCCc1cc(C(C)OC(=O)NC)ccc1OC(C)=O.CCCc1cc(C(C)OC(=O)NC)ccc1OC(C)=O.CCc1cc(C(C)OC(=O)NC)ccc1OC(C)=O.CNC(=O)OC(C)c1cc(C)c(OC(C)=O)c(C)c1.CNC(=O)OC(C)c1ccc(OC(C)=O)c(C)c1.CNC(=O)OC(C)c1ccc(OC(C)=O)cc1. The second-order valence-corrected chi connectivity index (χ2v) is 24.9. The van der Waals surface area contributed by atoms with Crippen molar-refractivity contribution in [2.75, 3.05) is 42.3 Å². The first-order valence-electron chi connectivity index (χ1n) is 48.3. The normalized spacial score (nSPS) is 10.1. The number of amides is 6. The van der Waals surface area contributed by atoms with Crippen LogP contribution in [0.15, 0.2) is 109 Å². The van der Waals surface area contributed by atoms with Crippen molar-refractivity contribution in [2.45, 2.75) is 360 Å². The van der Waals surface area contributed by atoms with E-state index in [0.717, 1.165) is 98.9 Å². The summed E-state index contributed by atoms with van der Waals surface area (Å²) in [5.74, 6) is 1.10. The van der Waals surface area contributed by atoms with Gasteiger partial charge in [0.1, 0.15) is 71.1 Å². The smallest absolute Gasteiger partial charge is 0.407 e. The molecule has 6 aromatic rings. The Kier molecular flexibility index (Phi) is 109. The maximum atomic E-state index is 11.2. The lowest BCUT2D eigenvalue weighted by atomic mass is 10.0. The van der Waals surface area contributed by atoms with Crippen LogP contribution in [-0.2, 0) is 76.5 Å². The highest BCUT2D eigenvalue weighted by Gasteiger charge is 2.21. The summed E-state index contributed by atoms with van der Waals surface area (Å²) in [6, 6.07) is 32.0. The number of carbonyl (C=O) groups is 12. The molecular weight excluding hydrogens is 1750 g/mol. The molecule has 6 aromatic carbocycles. The third-order valence-corrected chi connectivity index (χ3v) is 15.5. The summed E-state index contributed by atoms with van der Waals surface area (Å²) in [5, 5.41) is 14.4. The average molecular weight is 1940 g/mol. The molecule has 137 heavy (non-hydrogen) atoms. The second-order valence-electron chi connectivity index (χ2n) is 24.9. The van der Waals surface area contributed by atoms with E-state index < -0.39 is 36.6 Å². The number of carbonyl (C=O) groups excluding carboxylic acids is 12. The van der Waals surface area contributed by atoms with Gasteiger partial charge in [0.15, 0.2) is 0 Å². The molecule has 6 amide bonds. The molecule has 0 aliphatic heterocycles. The van der Waals surface area contributed by atoms with Gasteiger partial charge >= 0.3 is 72.4 Å². The third-order valence-electron chi connectivity index (χ3n) is 15.5. The standard InChI is InChI=1S/2C15H21NO4.2C14H19NO4.C13H17NO4.C12H15NO4.12C2H6/c2*1-5-6-13-9-12(10(2)19-15(18)16-4)7-8-14(13)20-11(3)17;1-8-6-12(10(3)18-14(17)15-5)7-9(2)13(8)19-11(4)16;1-5-11-8-12(9(2)18-14(17)15-4)6-7-13(11)19-10(3)16;1-8-7-11(9(2)17-13(16)14-4)5-6-12(8)18-10(3)15;1-8(16-12(15)13-3)10-4-6-11(7-5-10)17-9(2)14;12*1-2/h2*7-10H,5-6H2,1-4H3,(H,16,18);6-7,10H,1-5H3,(H,15,17);6-9H,5H2,1-4H3,(H,15,17);5-7,9H,1-4H3,(H,14,16);4-8H,1-3H3,(H,13,15);12*1-2H3.